The van der Waals surface area contributed by atoms with Crippen molar-refractivity contribution in [1.82, 2.24) is 14.7 Å². The van der Waals surface area contributed by atoms with Crippen LogP contribution in [0.4, 0.5) is 0 Å². The van der Waals surface area contributed by atoms with Gasteiger partial charge in [-0.15, -0.1) is 11.3 Å². The predicted molar refractivity (Wildman–Crippen MR) is 78.3 cm³/mol. The average Bonchev–Trinajstić information content (AvgIpc) is 2.68. The average molecular weight is 265 g/mol. The lowest BCUT2D eigenvalue weighted by Gasteiger charge is -2.18. The van der Waals surface area contributed by atoms with E-state index in [1.807, 2.05) is 0 Å². The maximum Gasteiger partial charge on any atom is 0.194 e. The van der Waals surface area contributed by atoms with Crippen LogP contribution in [0.5, 0.6) is 0 Å². The number of hydrogen-bond acceptors (Lipinski definition) is 3. The van der Waals surface area contributed by atoms with Crippen molar-refractivity contribution in [3.8, 4) is 0 Å². The zero-order valence-corrected chi connectivity index (χ0v) is 12.8. The van der Waals surface area contributed by atoms with Crippen LogP contribution in [0.1, 0.15) is 43.5 Å². The molecule has 0 aliphatic carbocycles. The van der Waals surface area contributed by atoms with Gasteiger partial charge >= 0.3 is 0 Å². The van der Waals surface area contributed by atoms with Crippen molar-refractivity contribution in [2.24, 2.45) is 5.41 Å². The van der Waals surface area contributed by atoms with Crippen molar-refractivity contribution in [2.75, 3.05) is 6.54 Å². The fraction of sp³-hybridized carbons (Fsp3) is 0.643. The number of rotatable bonds is 4. The summed E-state index contributed by atoms with van der Waals surface area (Å²) in [5.74, 6) is 0. The van der Waals surface area contributed by atoms with Crippen LogP contribution < -0.4 is 5.32 Å². The highest BCUT2D eigenvalue weighted by Crippen LogP contribution is 2.21. The quantitative estimate of drug-likeness (QED) is 0.857. The topological polar surface area (TPSA) is 29.3 Å². The molecule has 0 amide bonds. The molecule has 2 heterocycles. The van der Waals surface area contributed by atoms with Gasteiger partial charge in [0, 0.05) is 17.6 Å². The van der Waals surface area contributed by atoms with Gasteiger partial charge in [0.2, 0.25) is 0 Å². The molecule has 0 fully saturated rings. The highest BCUT2D eigenvalue weighted by Gasteiger charge is 2.12. The molecule has 4 heteroatoms. The lowest BCUT2D eigenvalue weighted by molar-refractivity contribution is 0.366. The number of nitrogens with one attached hydrogen (secondary N) is 1. The van der Waals surface area contributed by atoms with E-state index in [1.165, 1.54) is 17.0 Å². The van der Waals surface area contributed by atoms with Gasteiger partial charge in [0.25, 0.3) is 0 Å². The number of imidazole rings is 1. The van der Waals surface area contributed by atoms with E-state index in [1.54, 1.807) is 11.3 Å². The van der Waals surface area contributed by atoms with Crippen LogP contribution in [0.25, 0.3) is 4.96 Å². The minimum Gasteiger partial charge on any atom is -0.311 e. The van der Waals surface area contributed by atoms with Crippen LogP contribution >= 0.6 is 11.3 Å². The van der Waals surface area contributed by atoms with Crippen molar-refractivity contribution < 1.29 is 0 Å². The van der Waals surface area contributed by atoms with E-state index in [2.05, 4.69) is 55.5 Å². The van der Waals surface area contributed by atoms with E-state index in [9.17, 15) is 0 Å². The van der Waals surface area contributed by atoms with Crippen molar-refractivity contribution in [3.63, 3.8) is 0 Å². The van der Waals surface area contributed by atoms with Gasteiger partial charge in [-0.1, -0.05) is 20.8 Å². The van der Waals surface area contributed by atoms with Crippen molar-refractivity contribution in [2.45, 2.75) is 47.6 Å². The molecule has 0 saturated carbocycles. The third-order valence-electron chi connectivity index (χ3n) is 3.09. The Morgan fingerprint density at radius 3 is 2.72 bits per heavy atom. The molecule has 2 aromatic heterocycles. The number of aryl methyl sites for hydroxylation is 2. The summed E-state index contributed by atoms with van der Waals surface area (Å²) >= 11 is 1.75. The fourth-order valence-corrected chi connectivity index (χ4v) is 2.88. The van der Waals surface area contributed by atoms with E-state index < -0.39 is 0 Å². The molecule has 0 bridgehead atoms. The van der Waals surface area contributed by atoms with Crippen LogP contribution in [0.2, 0.25) is 0 Å². The van der Waals surface area contributed by atoms with Gasteiger partial charge in [-0.25, -0.2) is 4.98 Å². The first kappa shape index (κ1) is 13.6. The molecule has 2 aromatic rings. The monoisotopic (exact) mass is 265 g/mol. The Bertz CT molecular complexity index is 531. The third kappa shape index (κ3) is 3.12. The number of fused-ring (bicyclic) bond motifs is 1. The summed E-state index contributed by atoms with van der Waals surface area (Å²) in [6.45, 7) is 13.0. The van der Waals surface area contributed by atoms with Crippen LogP contribution in [-0.2, 0) is 6.54 Å². The molecule has 2 rings (SSSR count). The highest BCUT2D eigenvalue weighted by molar-refractivity contribution is 7.17. The van der Waals surface area contributed by atoms with E-state index in [0.29, 0.717) is 5.41 Å². The second-order valence-electron chi connectivity index (χ2n) is 6.13. The summed E-state index contributed by atoms with van der Waals surface area (Å²) in [5, 5.41) is 3.53. The third-order valence-corrected chi connectivity index (χ3v) is 3.98. The molecule has 0 aliphatic heterocycles. The van der Waals surface area contributed by atoms with Gasteiger partial charge in [-0.3, -0.25) is 4.40 Å². The molecule has 3 nitrogen and oxygen atoms in total. The minimum atomic E-state index is 0.397. The fourth-order valence-electron chi connectivity index (χ4n) is 1.99. The molecular formula is C14H23N3S. The molecular weight excluding hydrogens is 242 g/mol. The number of aromatic nitrogens is 2. The molecule has 1 N–H and O–H groups in total. The summed E-state index contributed by atoms with van der Waals surface area (Å²) < 4.78 is 2.22. The summed E-state index contributed by atoms with van der Waals surface area (Å²) in [7, 11) is 0. The largest absolute Gasteiger partial charge is 0.311 e. The second kappa shape index (κ2) is 5.02. The molecule has 0 aromatic carbocycles. The molecule has 0 saturated heterocycles. The normalized spacial score (nSPS) is 12.5. The minimum absolute atomic E-state index is 0.397. The predicted octanol–water partition coefficient (Wildman–Crippen LogP) is 3.54. The summed E-state index contributed by atoms with van der Waals surface area (Å²) in [4.78, 5) is 7.03. The molecule has 0 unspecified atom stereocenters. The number of thiazole rings is 1. The number of hydrogen-bond donors (Lipinski definition) is 1. The van der Waals surface area contributed by atoms with Gasteiger partial charge in [0.05, 0.1) is 11.4 Å². The van der Waals surface area contributed by atoms with Crippen molar-refractivity contribution in [1.29, 1.82) is 0 Å². The highest BCUT2D eigenvalue weighted by atomic mass is 32.1. The smallest absolute Gasteiger partial charge is 0.194 e. The molecule has 100 valence electrons. The molecule has 0 radical (unpaired) electrons. The maximum atomic E-state index is 4.60. The zero-order valence-electron chi connectivity index (χ0n) is 12.0. The first-order valence-corrected chi connectivity index (χ1v) is 7.33. The second-order valence-corrected chi connectivity index (χ2v) is 7.34. The molecule has 0 aliphatic rings. The van der Waals surface area contributed by atoms with Gasteiger partial charge in [-0.2, -0.15) is 0 Å². The summed E-state index contributed by atoms with van der Waals surface area (Å²) in [5.41, 5.74) is 2.83. The van der Waals surface area contributed by atoms with Crippen LogP contribution in [-0.4, -0.2) is 15.9 Å². The Morgan fingerprint density at radius 2 is 2.06 bits per heavy atom. The maximum absolute atomic E-state index is 4.60. The SMILES string of the molecule is Cc1cn2c(CNCCC(C)(C)C)c(C)nc2s1. The first-order chi connectivity index (χ1) is 8.37. The van der Waals surface area contributed by atoms with Crippen molar-refractivity contribution in [3.05, 3.63) is 22.5 Å². The van der Waals surface area contributed by atoms with E-state index in [0.717, 1.165) is 23.7 Å². The Labute approximate surface area is 113 Å². The molecule has 0 spiro atoms. The summed E-state index contributed by atoms with van der Waals surface area (Å²) in [6, 6.07) is 0. The van der Waals surface area contributed by atoms with Gasteiger partial charge in [0.15, 0.2) is 4.96 Å². The van der Waals surface area contributed by atoms with Gasteiger partial charge in [-0.05, 0) is 32.2 Å². The van der Waals surface area contributed by atoms with Crippen LogP contribution in [0, 0.1) is 19.3 Å². The van der Waals surface area contributed by atoms with Gasteiger partial charge < -0.3 is 5.32 Å². The zero-order chi connectivity index (χ0) is 13.3. The van der Waals surface area contributed by atoms with E-state index in [-0.39, 0.29) is 0 Å². The van der Waals surface area contributed by atoms with Crippen LogP contribution in [0.3, 0.4) is 0 Å². The Kier molecular flexibility index (Phi) is 3.78. The Hall–Kier alpha value is -0.870. The standard InChI is InChI=1S/C14H23N3S/c1-10-9-17-12(11(2)16-13(17)18-10)8-15-7-6-14(3,4)5/h9,15H,6-8H2,1-5H3. The lowest BCUT2D eigenvalue weighted by Crippen LogP contribution is -2.21. The number of nitrogens with zero attached hydrogens (tertiary/aromatic N) is 2. The molecule has 18 heavy (non-hydrogen) atoms. The van der Waals surface area contributed by atoms with E-state index in [4.69, 9.17) is 0 Å². The van der Waals surface area contributed by atoms with Crippen molar-refractivity contribution >= 4 is 16.3 Å². The lowest BCUT2D eigenvalue weighted by atomic mass is 9.92. The van der Waals surface area contributed by atoms with Gasteiger partial charge in [0.1, 0.15) is 0 Å². The molecule has 0 atom stereocenters. The van der Waals surface area contributed by atoms with Crippen LogP contribution in [0.15, 0.2) is 6.20 Å². The Balaban J connectivity index is 2.00. The summed E-state index contributed by atoms with van der Waals surface area (Å²) in [6.07, 6.45) is 3.37. The first-order valence-electron chi connectivity index (χ1n) is 6.51. The van der Waals surface area contributed by atoms with E-state index >= 15 is 0 Å². The Morgan fingerprint density at radius 1 is 1.33 bits per heavy atom.